The molecule has 2 aromatic carbocycles. The van der Waals surface area contributed by atoms with Gasteiger partial charge in [0, 0.05) is 19.0 Å². The lowest BCUT2D eigenvalue weighted by atomic mass is 9.98. The van der Waals surface area contributed by atoms with Crippen LogP contribution in [0.15, 0.2) is 48.5 Å². The number of amides is 1. The topological polar surface area (TPSA) is 49.8 Å². The Morgan fingerprint density at radius 2 is 1.43 bits per heavy atom. The molecule has 0 saturated heterocycles. The number of ether oxygens (including phenoxy) is 1. The van der Waals surface area contributed by atoms with Crippen LogP contribution in [0.1, 0.15) is 68.9 Å². The van der Waals surface area contributed by atoms with E-state index in [1.807, 2.05) is 12.1 Å². The summed E-state index contributed by atoms with van der Waals surface area (Å²) in [5, 5.41) is 9.38. The van der Waals surface area contributed by atoms with E-state index in [-0.39, 0.29) is 18.6 Å². The average Bonchev–Trinajstić information content (AvgIpc) is 3.10. The highest BCUT2D eigenvalue weighted by molar-refractivity contribution is 5.79. The summed E-state index contributed by atoms with van der Waals surface area (Å²) >= 11 is 0. The summed E-state index contributed by atoms with van der Waals surface area (Å²) < 4.78 is 5.74. The Hall–Kier alpha value is -2.33. The van der Waals surface area contributed by atoms with Crippen LogP contribution in [0.3, 0.4) is 0 Å². The average molecular weight is 410 g/mol. The van der Waals surface area contributed by atoms with Crippen LogP contribution >= 0.6 is 0 Å². The van der Waals surface area contributed by atoms with Gasteiger partial charge in [-0.1, -0.05) is 94.0 Å². The number of carbonyl (C=O) groups excluding carboxylic acids is 1. The number of aliphatic hydroxyl groups excluding tert-OH is 1. The second-order valence-corrected chi connectivity index (χ2v) is 8.14. The molecule has 30 heavy (non-hydrogen) atoms. The first-order valence-electron chi connectivity index (χ1n) is 11.5. The van der Waals surface area contributed by atoms with Crippen LogP contribution in [-0.2, 0) is 4.74 Å². The lowest BCUT2D eigenvalue weighted by Crippen LogP contribution is -2.35. The number of aliphatic hydroxyl groups is 1. The zero-order chi connectivity index (χ0) is 21.2. The minimum absolute atomic E-state index is 0.0410. The lowest BCUT2D eigenvalue weighted by Gasteiger charge is -2.23. The van der Waals surface area contributed by atoms with Crippen LogP contribution in [0, 0.1) is 0 Å². The standard InChI is InChI=1S/C26H35NO3/c1-2-3-4-5-6-7-12-17-27(18-19-28)26(29)30-20-25-23-15-10-8-13-21(23)22-14-9-11-16-24(22)25/h8-11,13-16,25,28H,2-7,12,17-20H2,1H3. The maximum absolute atomic E-state index is 12.7. The van der Waals surface area contributed by atoms with Crippen LogP contribution in [0.5, 0.6) is 0 Å². The third-order valence-electron chi connectivity index (χ3n) is 6.00. The first kappa shape index (κ1) is 22.4. The number of hydrogen-bond acceptors (Lipinski definition) is 3. The molecule has 1 aliphatic rings. The molecule has 2 aromatic rings. The number of unbranched alkanes of at least 4 members (excludes halogenated alkanes) is 6. The SMILES string of the molecule is CCCCCCCCCN(CCO)C(=O)OCC1c2ccccc2-c2ccccc21. The fourth-order valence-electron chi connectivity index (χ4n) is 4.36. The molecule has 0 aliphatic heterocycles. The number of rotatable bonds is 12. The smallest absolute Gasteiger partial charge is 0.409 e. The normalized spacial score (nSPS) is 12.5. The van der Waals surface area contributed by atoms with Gasteiger partial charge in [-0.3, -0.25) is 0 Å². The Kier molecular flexibility index (Phi) is 8.76. The lowest BCUT2D eigenvalue weighted by molar-refractivity contribution is 0.0911. The summed E-state index contributed by atoms with van der Waals surface area (Å²) in [6.45, 7) is 3.48. The van der Waals surface area contributed by atoms with Crippen LogP contribution in [0.25, 0.3) is 11.1 Å². The Bertz CT molecular complexity index is 759. The molecule has 4 nitrogen and oxygen atoms in total. The van der Waals surface area contributed by atoms with Gasteiger partial charge in [0.25, 0.3) is 0 Å². The van der Waals surface area contributed by atoms with E-state index in [1.165, 1.54) is 54.4 Å². The quantitative estimate of drug-likeness (QED) is 0.439. The van der Waals surface area contributed by atoms with Gasteiger partial charge >= 0.3 is 6.09 Å². The first-order valence-corrected chi connectivity index (χ1v) is 11.5. The molecule has 0 atom stereocenters. The molecule has 0 heterocycles. The number of fused-ring (bicyclic) bond motifs is 3. The van der Waals surface area contributed by atoms with Crippen LogP contribution in [-0.4, -0.2) is 42.4 Å². The van der Waals surface area contributed by atoms with Gasteiger partial charge in [0.05, 0.1) is 6.61 Å². The van der Waals surface area contributed by atoms with Gasteiger partial charge in [-0.15, -0.1) is 0 Å². The molecule has 0 fully saturated rings. The van der Waals surface area contributed by atoms with Crippen molar-refractivity contribution in [2.24, 2.45) is 0 Å². The van der Waals surface area contributed by atoms with Crippen molar-refractivity contribution in [2.45, 2.75) is 57.8 Å². The second-order valence-electron chi connectivity index (χ2n) is 8.14. The summed E-state index contributed by atoms with van der Waals surface area (Å²) in [5.74, 6) is 0.0656. The van der Waals surface area contributed by atoms with Crippen molar-refractivity contribution in [1.82, 2.24) is 4.90 Å². The van der Waals surface area contributed by atoms with Crippen molar-refractivity contribution >= 4 is 6.09 Å². The molecule has 3 rings (SSSR count). The third-order valence-corrected chi connectivity index (χ3v) is 6.00. The number of nitrogens with zero attached hydrogens (tertiary/aromatic N) is 1. The molecule has 0 spiro atoms. The zero-order valence-electron chi connectivity index (χ0n) is 18.2. The van der Waals surface area contributed by atoms with Crippen molar-refractivity contribution in [3.05, 3.63) is 59.7 Å². The van der Waals surface area contributed by atoms with E-state index in [1.54, 1.807) is 4.90 Å². The molecular weight excluding hydrogens is 374 g/mol. The van der Waals surface area contributed by atoms with Gasteiger partial charge in [-0.2, -0.15) is 0 Å². The van der Waals surface area contributed by atoms with Crippen LogP contribution in [0.2, 0.25) is 0 Å². The van der Waals surface area contributed by atoms with Gasteiger partial charge < -0.3 is 14.7 Å². The first-order chi connectivity index (χ1) is 14.8. The highest BCUT2D eigenvalue weighted by Crippen LogP contribution is 2.44. The minimum Gasteiger partial charge on any atom is -0.448 e. The van der Waals surface area contributed by atoms with E-state index >= 15 is 0 Å². The van der Waals surface area contributed by atoms with Crippen molar-refractivity contribution in [2.75, 3.05) is 26.3 Å². The van der Waals surface area contributed by atoms with Crippen LogP contribution < -0.4 is 0 Å². The van der Waals surface area contributed by atoms with E-state index < -0.39 is 0 Å². The van der Waals surface area contributed by atoms with E-state index in [0.717, 1.165) is 12.8 Å². The summed E-state index contributed by atoms with van der Waals surface area (Å²) in [5.41, 5.74) is 4.88. The summed E-state index contributed by atoms with van der Waals surface area (Å²) in [6, 6.07) is 16.7. The highest BCUT2D eigenvalue weighted by atomic mass is 16.6. The Balaban J connectivity index is 1.53. The van der Waals surface area contributed by atoms with Crippen LogP contribution in [0.4, 0.5) is 4.79 Å². The molecular formula is C26H35NO3. The van der Waals surface area contributed by atoms with Crippen molar-refractivity contribution in [3.8, 4) is 11.1 Å². The maximum atomic E-state index is 12.7. The third kappa shape index (κ3) is 5.63. The van der Waals surface area contributed by atoms with Crippen molar-refractivity contribution in [1.29, 1.82) is 0 Å². The maximum Gasteiger partial charge on any atom is 0.409 e. The fourth-order valence-corrected chi connectivity index (χ4v) is 4.36. The number of hydrogen-bond donors (Lipinski definition) is 1. The summed E-state index contributed by atoms with van der Waals surface area (Å²) in [4.78, 5) is 14.4. The molecule has 0 radical (unpaired) electrons. The molecule has 0 aromatic heterocycles. The van der Waals surface area contributed by atoms with Gasteiger partial charge in [0.2, 0.25) is 0 Å². The monoisotopic (exact) mass is 409 g/mol. The number of benzene rings is 2. The molecule has 0 bridgehead atoms. The van der Waals surface area contributed by atoms with E-state index in [0.29, 0.717) is 19.7 Å². The molecule has 1 aliphatic carbocycles. The molecule has 162 valence electrons. The Morgan fingerprint density at radius 3 is 2.03 bits per heavy atom. The number of carbonyl (C=O) groups is 1. The minimum atomic E-state index is -0.322. The highest BCUT2D eigenvalue weighted by Gasteiger charge is 2.29. The Morgan fingerprint density at radius 1 is 0.867 bits per heavy atom. The predicted octanol–water partition coefficient (Wildman–Crippen LogP) is 5.98. The van der Waals surface area contributed by atoms with E-state index in [2.05, 4.69) is 43.3 Å². The zero-order valence-corrected chi connectivity index (χ0v) is 18.2. The largest absolute Gasteiger partial charge is 0.448 e. The fraction of sp³-hybridized carbons (Fsp3) is 0.500. The van der Waals surface area contributed by atoms with E-state index in [9.17, 15) is 9.90 Å². The van der Waals surface area contributed by atoms with Gasteiger partial charge in [-0.25, -0.2) is 4.79 Å². The molecule has 1 amide bonds. The predicted molar refractivity (Wildman–Crippen MR) is 122 cm³/mol. The molecule has 0 unspecified atom stereocenters. The van der Waals surface area contributed by atoms with Gasteiger partial charge in [0.1, 0.15) is 6.61 Å². The van der Waals surface area contributed by atoms with Crippen molar-refractivity contribution in [3.63, 3.8) is 0 Å². The molecule has 4 heteroatoms. The molecule has 0 saturated carbocycles. The van der Waals surface area contributed by atoms with Crippen molar-refractivity contribution < 1.29 is 14.6 Å². The van der Waals surface area contributed by atoms with Gasteiger partial charge in [-0.05, 0) is 28.7 Å². The summed E-state index contributed by atoms with van der Waals surface area (Å²) in [6.07, 6.45) is 8.07. The summed E-state index contributed by atoms with van der Waals surface area (Å²) in [7, 11) is 0. The second kappa shape index (κ2) is 11.8. The van der Waals surface area contributed by atoms with Gasteiger partial charge in [0.15, 0.2) is 0 Å². The Labute approximate surface area is 180 Å². The van der Waals surface area contributed by atoms with E-state index in [4.69, 9.17) is 4.74 Å². The molecule has 1 N–H and O–H groups in total.